The van der Waals surface area contributed by atoms with Crippen molar-refractivity contribution in [3.8, 4) is 11.5 Å². The number of aromatic nitrogens is 2. The van der Waals surface area contributed by atoms with E-state index in [0.717, 1.165) is 5.56 Å². The number of nitrogens with one attached hydrogen (secondary N) is 3. The quantitative estimate of drug-likeness (QED) is 0.332. The van der Waals surface area contributed by atoms with Gasteiger partial charge in [0.2, 0.25) is 0 Å². The molecule has 0 aliphatic heterocycles. The molecule has 170 valence electrons. The van der Waals surface area contributed by atoms with Gasteiger partial charge in [0.05, 0.1) is 5.52 Å². The molecule has 1 aromatic heterocycles. The second kappa shape index (κ2) is 9.11. The number of fused-ring (bicyclic) bond motifs is 1. The maximum atomic E-state index is 12.4. The van der Waals surface area contributed by atoms with Gasteiger partial charge in [-0.15, -0.1) is 13.2 Å². The number of rotatable bonds is 6. The van der Waals surface area contributed by atoms with Crippen LogP contribution in [-0.2, 0) is 6.61 Å². The minimum Gasteiger partial charge on any atom is -0.489 e. The third-order valence-electron chi connectivity index (χ3n) is 4.61. The summed E-state index contributed by atoms with van der Waals surface area (Å²) in [4.78, 5) is 12.3. The summed E-state index contributed by atoms with van der Waals surface area (Å²) in [5.41, 5.74) is 2.89. The Morgan fingerprint density at radius 3 is 2.55 bits per heavy atom. The average molecular weight is 456 g/mol. The van der Waals surface area contributed by atoms with Crippen LogP contribution in [0, 0.1) is 6.92 Å². The maximum Gasteiger partial charge on any atom is 0.573 e. The van der Waals surface area contributed by atoms with Crippen LogP contribution < -0.4 is 20.1 Å². The van der Waals surface area contributed by atoms with Gasteiger partial charge in [-0.1, -0.05) is 29.8 Å². The zero-order valence-electron chi connectivity index (χ0n) is 17.4. The zero-order chi connectivity index (χ0) is 23.4. The fourth-order valence-corrected chi connectivity index (χ4v) is 3.08. The fraction of sp³-hybridized carbons (Fsp3) is 0.130. The number of urea groups is 1. The molecule has 0 aliphatic carbocycles. The molecular weight excluding hydrogens is 437 g/mol. The molecule has 0 unspecified atom stereocenters. The summed E-state index contributed by atoms with van der Waals surface area (Å²) in [5, 5.41) is 13.0. The molecule has 7 nitrogen and oxygen atoms in total. The van der Waals surface area contributed by atoms with Crippen LogP contribution >= 0.6 is 0 Å². The second-order valence-corrected chi connectivity index (χ2v) is 7.21. The molecule has 0 bridgehead atoms. The number of ether oxygens (including phenoxy) is 2. The molecule has 10 heteroatoms. The van der Waals surface area contributed by atoms with Crippen LogP contribution in [-0.4, -0.2) is 22.6 Å². The van der Waals surface area contributed by atoms with Gasteiger partial charge in [0, 0.05) is 11.1 Å². The van der Waals surface area contributed by atoms with E-state index >= 15 is 0 Å². The largest absolute Gasteiger partial charge is 0.573 e. The van der Waals surface area contributed by atoms with Gasteiger partial charge in [-0.05, 0) is 55.0 Å². The van der Waals surface area contributed by atoms with E-state index in [0.29, 0.717) is 33.7 Å². The Kier molecular flexibility index (Phi) is 6.07. The van der Waals surface area contributed by atoms with Crippen LogP contribution in [0.3, 0.4) is 0 Å². The van der Waals surface area contributed by atoms with Gasteiger partial charge in [0.1, 0.15) is 18.1 Å². The van der Waals surface area contributed by atoms with Gasteiger partial charge >= 0.3 is 12.4 Å². The highest BCUT2D eigenvalue weighted by Crippen LogP contribution is 2.27. The number of alkyl halides is 3. The van der Waals surface area contributed by atoms with E-state index in [2.05, 4.69) is 25.6 Å². The lowest BCUT2D eigenvalue weighted by Gasteiger charge is -2.11. The number of nitrogens with zero attached hydrogens (tertiary/aromatic N) is 1. The van der Waals surface area contributed by atoms with Crippen molar-refractivity contribution in [2.24, 2.45) is 0 Å². The summed E-state index contributed by atoms with van der Waals surface area (Å²) in [6.45, 7) is 1.97. The highest BCUT2D eigenvalue weighted by Gasteiger charge is 2.31. The minimum absolute atomic E-state index is 0.0229. The molecule has 0 aliphatic rings. The van der Waals surface area contributed by atoms with Crippen molar-refractivity contribution < 1.29 is 27.4 Å². The first-order valence-corrected chi connectivity index (χ1v) is 9.85. The average Bonchev–Trinajstić information content (AvgIpc) is 3.15. The van der Waals surface area contributed by atoms with Gasteiger partial charge in [-0.3, -0.25) is 10.4 Å². The monoisotopic (exact) mass is 456 g/mol. The van der Waals surface area contributed by atoms with E-state index in [1.807, 2.05) is 19.1 Å². The van der Waals surface area contributed by atoms with Gasteiger partial charge in [-0.25, -0.2) is 4.79 Å². The van der Waals surface area contributed by atoms with Crippen LogP contribution in [0.25, 0.3) is 10.9 Å². The molecular formula is C23H19F3N4O3. The molecule has 33 heavy (non-hydrogen) atoms. The molecule has 0 fully saturated rings. The summed E-state index contributed by atoms with van der Waals surface area (Å²) in [5.74, 6) is 0.439. The molecule has 4 rings (SSSR count). The van der Waals surface area contributed by atoms with Gasteiger partial charge in [0.25, 0.3) is 0 Å². The lowest BCUT2D eigenvalue weighted by Crippen LogP contribution is -2.19. The van der Waals surface area contributed by atoms with Crippen molar-refractivity contribution in [1.82, 2.24) is 10.2 Å². The fourth-order valence-electron chi connectivity index (χ4n) is 3.08. The number of amides is 2. The first-order valence-electron chi connectivity index (χ1n) is 9.85. The number of H-pyrrole nitrogens is 1. The number of aryl methyl sites for hydroxylation is 1. The molecule has 3 N–H and O–H groups in total. The Balaban J connectivity index is 1.43. The molecule has 2 amide bonds. The Morgan fingerprint density at radius 1 is 1.00 bits per heavy atom. The number of hydrogen-bond donors (Lipinski definition) is 3. The number of carbonyl (C=O) groups is 1. The molecule has 0 saturated carbocycles. The predicted molar refractivity (Wildman–Crippen MR) is 117 cm³/mol. The van der Waals surface area contributed by atoms with Crippen LogP contribution in [0.5, 0.6) is 11.5 Å². The highest BCUT2D eigenvalue weighted by molar-refractivity contribution is 6.04. The lowest BCUT2D eigenvalue weighted by atomic mass is 10.2. The van der Waals surface area contributed by atoms with E-state index in [1.54, 1.807) is 36.4 Å². The minimum atomic E-state index is -4.76. The van der Waals surface area contributed by atoms with Crippen molar-refractivity contribution in [2.45, 2.75) is 19.9 Å². The zero-order valence-corrected chi connectivity index (χ0v) is 17.4. The Morgan fingerprint density at radius 2 is 1.79 bits per heavy atom. The summed E-state index contributed by atoms with van der Waals surface area (Å²) in [6.07, 6.45) is -4.76. The third kappa shape index (κ3) is 5.94. The van der Waals surface area contributed by atoms with Crippen LogP contribution in [0.2, 0.25) is 0 Å². The maximum absolute atomic E-state index is 12.4. The first-order chi connectivity index (χ1) is 15.7. The number of halogens is 3. The Bertz CT molecular complexity index is 1270. The first kappa shape index (κ1) is 22.0. The summed E-state index contributed by atoms with van der Waals surface area (Å²) < 4.78 is 46.9. The van der Waals surface area contributed by atoms with Gasteiger partial charge in [0.15, 0.2) is 5.82 Å². The van der Waals surface area contributed by atoms with Gasteiger partial charge in [-0.2, -0.15) is 5.10 Å². The summed E-state index contributed by atoms with van der Waals surface area (Å²) in [6, 6.07) is 17.5. The number of anilines is 2. The summed E-state index contributed by atoms with van der Waals surface area (Å²) in [7, 11) is 0. The SMILES string of the molecule is Cc1ccc(NC(=O)Nc2n[nH]c3ccc(OCc4cccc(OC(F)(F)F)c4)cc23)cc1. The summed E-state index contributed by atoms with van der Waals surface area (Å²) >= 11 is 0. The molecule has 0 spiro atoms. The molecule has 4 aromatic rings. The third-order valence-corrected chi connectivity index (χ3v) is 4.61. The van der Waals surface area contributed by atoms with Gasteiger partial charge < -0.3 is 14.8 Å². The highest BCUT2D eigenvalue weighted by atomic mass is 19.4. The van der Waals surface area contributed by atoms with Crippen molar-refractivity contribution in [1.29, 1.82) is 0 Å². The van der Waals surface area contributed by atoms with E-state index < -0.39 is 12.4 Å². The van der Waals surface area contributed by atoms with Crippen LogP contribution in [0.4, 0.5) is 29.5 Å². The molecule has 0 radical (unpaired) electrons. The normalized spacial score (nSPS) is 11.3. The van der Waals surface area contributed by atoms with E-state index in [4.69, 9.17) is 4.74 Å². The molecule has 1 heterocycles. The predicted octanol–water partition coefficient (Wildman–Crippen LogP) is 5.99. The number of aromatic amines is 1. The topological polar surface area (TPSA) is 88.3 Å². The van der Waals surface area contributed by atoms with E-state index in [-0.39, 0.29) is 12.4 Å². The Hall–Kier alpha value is -4.21. The van der Waals surface area contributed by atoms with Crippen molar-refractivity contribution in [3.63, 3.8) is 0 Å². The molecule has 3 aromatic carbocycles. The lowest BCUT2D eigenvalue weighted by molar-refractivity contribution is -0.274. The number of carbonyl (C=O) groups excluding carboxylic acids is 1. The Labute approximate surface area is 186 Å². The van der Waals surface area contributed by atoms with Crippen molar-refractivity contribution in [2.75, 3.05) is 10.6 Å². The van der Waals surface area contributed by atoms with Crippen molar-refractivity contribution >= 4 is 28.4 Å². The number of benzene rings is 3. The van der Waals surface area contributed by atoms with E-state index in [1.165, 1.54) is 18.2 Å². The molecule has 0 saturated heterocycles. The second-order valence-electron chi connectivity index (χ2n) is 7.21. The standard InChI is InChI=1S/C23H19F3N4O3/c1-14-5-7-16(8-6-14)27-22(31)28-21-19-12-17(9-10-20(19)29-30-21)32-13-15-3-2-4-18(11-15)33-23(24,25)26/h2-12H,13H2,1H3,(H3,27,28,29,30,31). The van der Waals surface area contributed by atoms with Crippen LogP contribution in [0.1, 0.15) is 11.1 Å². The van der Waals surface area contributed by atoms with Crippen LogP contribution in [0.15, 0.2) is 66.7 Å². The molecule has 0 atom stereocenters. The number of hydrogen-bond acceptors (Lipinski definition) is 4. The van der Waals surface area contributed by atoms with Crippen molar-refractivity contribution in [3.05, 3.63) is 77.9 Å². The smallest absolute Gasteiger partial charge is 0.489 e. The van der Waals surface area contributed by atoms with E-state index in [9.17, 15) is 18.0 Å².